The van der Waals surface area contributed by atoms with E-state index in [1.807, 2.05) is 6.07 Å². The maximum atomic E-state index is 13.2. The molecule has 1 aliphatic heterocycles. The molecule has 10 nitrogen and oxygen atoms in total. The van der Waals surface area contributed by atoms with E-state index in [0.717, 1.165) is 0 Å². The number of aliphatic hydroxyl groups excluding tert-OH is 4. The Kier molecular flexibility index (Phi) is 6.54. The number of aliphatic hydroxyl groups is 4. The molecular formula is C23H24O10. The lowest BCUT2D eigenvalue weighted by Crippen LogP contribution is -2.60. The minimum atomic E-state index is -1.67. The fourth-order valence-corrected chi connectivity index (χ4v) is 3.73. The third-order valence-electron chi connectivity index (χ3n) is 5.46. The van der Waals surface area contributed by atoms with Crippen molar-refractivity contribution < 1.29 is 43.8 Å². The van der Waals surface area contributed by atoms with Gasteiger partial charge < -0.3 is 43.8 Å². The number of benzene rings is 2. The number of fused-ring (bicyclic) bond motifs is 1. The van der Waals surface area contributed by atoms with Crippen LogP contribution in [-0.4, -0.2) is 72.0 Å². The van der Waals surface area contributed by atoms with Gasteiger partial charge in [-0.3, -0.25) is 4.79 Å². The average molecular weight is 460 g/mol. The van der Waals surface area contributed by atoms with Crippen molar-refractivity contribution in [2.75, 3.05) is 20.8 Å². The van der Waals surface area contributed by atoms with Gasteiger partial charge in [0.1, 0.15) is 41.3 Å². The van der Waals surface area contributed by atoms with Crippen molar-refractivity contribution in [2.24, 2.45) is 0 Å². The highest BCUT2D eigenvalue weighted by atomic mass is 16.7. The van der Waals surface area contributed by atoms with E-state index in [2.05, 4.69) is 0 Å². The molecule has 2 heterocycles. The van der Waals surface area contributed by atoms with Gasteiger partial charge in [-0.05, 0) is 0 Å². The van der Waals surface area contributed by atoms with Gasteiger partial charge in [-0.2, -0.15) is 0 Å². The predicted molar refractivity (Wildman–Crippen MR) is 115 cm³/mol. The van der Waals surface area contributed by atoms with Crippen LogP contribution in [0.3, 0.4) is 0 Å². The van der Waals surface area contributed by atoms with E-state index in [9.17, 15) is 25.2 Å². The van der Waals surface area contributed by atoms with Crippen LogP contribution in [0, 0.1) is 0 Å². The first kappa shape index (κ1) is 23.0. The van der Waals surface area contributed by atoms with E-state index in [1.165, 1.54) is 26.4 Å². The lowest BCUT2D eigenvalue weighted by atomic mass is 9.99. The number of rotatable bonds is 6. The molecule has 0 amide bonds. The second-order valence-electron chi connectivity index (χ2n) is 7.47. The minimum absolute atomic E-state index is 0.00992. The third-order valence-corrected chi connectivity index (χ3v) is 5.46. The van der Waals surface area contributed by atoms with E-state index in [1.54, 1.807) is 24.3 Å². The molecule has 0 aliphatic carbocycles. The van der Waals surface area contributed by atoms with Crippen LogP contribution in [0.1, 0.15) is 0 Å². The largest absolute Gasteiger partial charge is 0.493 e. The summed E-state index contributed by atoms with van der Waals surface area (Å²) >= 11 is 0. The zero-order chi connectivity index (χ0) is 23.7. The normalized spacial score (nSPS) is 25.1. The Morgan fingerprint density at radius 3 is 2.30 bits per heavy atom. The molecule has 1 saturated heterocycles. The minimum Gasteiger partial charge on any atom is -0.493 e. The molecule has 0 saturated carbocycles. The summed E-state index contributed by atoms with van der Waals surface area (Å²) < 4.78 is 28.0. The van der Waals surface area contributed by atoms with Gasteiger partial charge in [0, 0.05) is 17.7 Å². The number of hydrogen-bond donors (Lipinski definition) is 4. The molecule has 0 bridgehead atoms. The molecule has 176 valence electrons. The summed E-state index contributed by atoms with van der Waals surface area (Å²) in [5.41, 5.74) is 0.246. The van der Waals surface area contributed by atoms with Gasteiger partial charge in [0.25, 0.3) is 0 Å². The Hall–Kier alpha value is -3.15. The molecule has 1 fully saturated rings. The number of ether oxygens (including phenoxy) is 4. The molecule has 4 N–H and O–H groups in total. The first-order valence-corrected chi connectivity index (χ1v) is 10.1. The molecule has 0 unspecified atom stereocenters. The van der Waals surface area contributed by atoms with Crippen LogP contribution in [0.4, 0.5) is 0 Å². The summed E-state index contributed by atoms with van der Waals surface area (Å²) in [7, 11) is 2.78. The summed E-state index contributed by atoms with van der Waals surface area (Å²) in [5, 5.41) is 39.8. The molecule has 0 radical (unpaired) electrons. The standard InChI is InChI=1S/C23H24O10/c1-29-15-9-14(32-23-20(28)19(27)18(26)16(10-24)33-23)17-12(25)8-13(11-6-4-3-5-7-11)31-22(17)21(15)30-2/h3-9,16,18-20,23-24,26-28H,10H2,1-2H3/t16-,18-,19+,20-,23-/m1/s1. The summed E-state index contributed by atoms with van der Waals surface area (Å²) in [6.45, 7) is -0.625. The molecule has 0 spiro atoms. The van der Waals surface area contributed by atoms with Crippen molar-refractivity contribution in [2.45, 2.75) is 30.7 Å². The topological polar surface area (TPSA) is 148 Å². The van der Waals surface area contributed by atoms with Crippen LogP contribution >= 0.6 is 0 Å². The molecule has 3 aromatic rings. The summed E-state index contributed by atoms with van der Waals surface area (Å²) in [5.74, 6) is 0.556. The van der Waals surface area contributed by atoms with Gasteiger partial charge in [0.2, 0.25) is 12.0 Å². The second-order valence-corrected chi connectivity index (χ2v) is 7.47. The van der Waals surface area contributed by atoms with E-state index >= 15 is 0 Å². The van der Waals surface area contributed by atoms with Gasteiger partial charge in [-0.1, -0.05) is 30.3 Å². The SMILES string of the molecule is COc1cc(O[C@@H]2O[C@H](CO)[C@@H](O)[C@H](O)[C@H]2O)c2c(=O)cc(-c3ccccc3)oc2c1OC. The molecule has 1 aliphatic rings. The molecular weight excluding hydrogens is 436 g/mol. The van der Waals surface area contributed by atoms with Crippen LogP contribution < -0.4 is 19.6 Å². The van der Waals surface area contributed by atoms with Crippen LogP contribution in [0.2, 0.25) is 0 Å². The fraction of sp³-hybridized carbons (Fsp3) is 0.348. The molecule has 5 atom stereocenters. The van der Waals surface area contributed by atoms with Gasteiger partial charge in [-0.25, -0.2) is 0 Å². The molecule has 2 aromatic carbocycles. The summed E-state index contributed by atoms with van der Waals surface area (Å²) in [6.07, 6.45) is -7.54. The summed E-state index contributed by atoms with van der Waals surface area (Å²) in [4.78, 5) is 13.2. The average Bonchev–Trinajstić information content (AvgIpc) is 2.84. The Morgan fingerprint density at radius 1 is 0.939 bits per heavy atom. The molecule has 10 heteroatoms. The van der Waals surface area contributed by atoms with Crippen LogP contribution in [0.25, 0.3) is 22.3 Å². The van der Waals surface area contributed by atoms with Crippen LogP contribution in [0.5, 0.6) is 17.2 Å². The second kappa shape index (κ2) is 9.38. The Bertz CT molecular complexity index is 1170. The third kappa shape index (κ3) is 4.14. The van der Waals surface area contributed by atoms with Crippen molar-refractivity contribution in [3.63, 3.8) is 0 Å². The highest BCUT2D eigenvalue weighted by molar-refractivity contribution is 5.92. The Balaban J connectivity index is 1.86. The van der Waals surface area contributed by atoms with E-state index in [4.69, 9.17) is 23.4 Å². The monoisotopic (exact) mass is 460 g/mol. The van der Waals surface area contributed by atoms with E-state index in [0.29, 0.717) is 11.3 Å². The first-order valence-electron chi connectivity index (χ1n) is 10.1. The number of methoxy groups -OCH3 is 2. The van der Waals surface area contributed by atoms with Gasteiger partial charge >= 0.3 is 0 Å². The van der Waals surface area contributed by atoms with Crippen LogP contribution in [-0.2, 0) is 4.74 Å². The van der Waals surface area contributed by atoms with Gasteiger partial charge in [0.05, 0.1) is 20.8 Å². The first-order chi connectivity index (χ1) is 15.9. The molecule has 33 heavy (non-hydrogen) atoms. The van der Waals surface area contributed by atoms with Crippen molar-refractivity contribution in [1.82, 2.24) is 0 Å². The van der Waals surface area contributed by atoms with E-state index < -0.39 is 42.7 Å². The van der Waals surface area contributed by atoms with Crippen molar-refractivity contribution in [3.05, 3.63) is 52.7 Å². The number of hydrogen-bond acceptors (Lipinski definition) is 10. The molecule has 1 aromatic heterocycles. The predicted octanol–water partition coefficient (Wildman–Crippen LogP) is 0.656. The zero-order valence-corrected chi connectivity index (χ0v) is 17.9. The van der Waals surface area contributed by atoms with Gasteiger partial charge in [-0.15, -0.1) is 0 Å². The van der Waals surface area contributed by atoms with Crippen molar-refractivity contribution in [3.8, 4) is 28.6 Å². The zero-order valence-electron chi connectivity index (χ0n) is 17.9. The van der Waals surface area contributed by atoms with Crippen LogP contribution in [0.15, 0.2) is 51.7 Å². The fourth-order valence-electron chi connectivity index (χ4n) is 3.73. The lowest BCUT2D eigenvalue weighted by molar-refractivity contribution is -0.277. The molecule has 4 rings (SSSR count). The van der Waals surface area contributed by atoms with Crippen molar-refractivity contribution in [1.29, 1.82) is 0 Å². The van der Waals surface area contributed by atoms with Crippen molar-refractivity contribution >= 4 is 11.0 Å². The maximum absolute atomic E-state index is 13.2. The highest BCUT2D eigenvalue weighted by Gasteiger charge is 2.45. The highest BCUT2D eigenvalue weighted by Crippen LogP contribution is 2.42. The Labute approximate surface area is 188 Å². The van der Waals surface area contributed by atoms with Gasteiger partial charge in [0.15, 0.2) is 16.8 Å². The Morgan fingerprint density at radius 2 is 1.67 bits per heavy atom. The smallest absolute Gasteiger partial charge is 0.229 e. The quantitative estimate of drug-likeness (QED) is 0.413. The summed E-state index contributed by atoms with van der Waals surface area (Å²) in [6, 6.07) is 11.7. The maximum Gasteiger partial charge on any atom is 0.229 e. The van der Waals surface area contributed by atoms with E-state index in [-0.39, 0.29) is 28.2 Å². The lowest BCUT2D eigenvalue weighted by Gasteiger charge is -2.39.